The first kappa shape index (κ1) is 34.2. The molecule has 1 aliphatic carbocycles. The van der Waals surface area contributed by atoms with Crippen molar-refractivity contribution in [2.75, 3.05) is 31.6 Å². The van der Waals surface area contributed by atoms with Gasteiger partial charge in [0.1, 0.15) is 6.54 Å². The van der Waals surface area contributed by atoms with Crippen molar-refractivity contribution in [3.8, 4) is 0 Å². The quantitative estimate of drug-likeness (QED) is 0.158. The third-order valence-electron chi connectivity index (χ3n) is 10.1. The number of methoxy groups -OCH3 is 1. The van der Waals surface area contributed by atoms with Crippen molar-refractivity contribution in [1.29, 1.82) is 0 Å². The van der Waals surface area contributed by atoms with Crippen LogP contribution in [0.5, 0.6) is 0 Å². The maximum atomic E-state index is 13.5. The van der Waals surface area contributed by atoms with E-state index in [1.165, 1.54) is 41.0 Å². The molecule has 0 bridgehead atoms. The topological polar surface area (TPSA) is 52.9 Å². The van der Waals surface area contributed by atoms with Crippen molar-refractivity contribution >= 4 is 29.0 Å². The van der Waals surface area contributed by atoms with Crippen molar-refractivity contribution in [1.82, 2.24) is 4.90 Å². The molecule has 3 aliphatic rings. The molecule has 1 amide bonds. The van der Waals surface area contributed by atoms with Gasteiger partial charge in [0.05, 0.1) is 18.2 Å². The average Bonchev–Trinajstić information content (AvgIpc) is 3.42. The van der Waals surface area contributed by atoms with Crippen LogP contribution in [0.2, 0.25) is 0 Å². The zero-order valence-corrected chi connectivity index (χ0v) is 29.7. The number of anilines is 1. The van der Waals surface area contributed by atoms with Gasteiger partial charge < -0.3 is 14.5 Å². The fraction of sp³-hybridized carbons (Fsp3) is 0.439. The first-order chi connectivity index (χ1) is 22.5. The van der Waals surface area contributed by atoms with Crippen molar-refractivity contribution in [3.05, 3.63) is 107 Å². The molecule has 0 saturated heterocycles. The van der Waals surface area contributed by atoms with Gasteiger partial charge in [0, 0.05) is 54.0 Å². The normalized spacial score (nSPS) is 20.0. The Hall–Kier alpha value is -4.19. The molecule has 248 valence electrons. The second kappa shape index (κ2) is 13.9. The average molecular weight is 635 g/mol. The third kappa shape index (κ3) is 6.15. The molecule has 0 aromatic heterocycles. The molecule has 0 spiro atoms. The maximum absolute atomic E-state index is 13.5. The van der Waals surface area contributed by atoms with Crippen molar-refractivity contribution in [2.45, 2.75) is 91.4 Å². The van der Waals surface area contributed by atoms with Gasteiger partial charge in [-0.15, -0.1) is 0 Å². The highest BCUT2D eigenvalue weighted by atomic mass is 16.5. The van der Waals surface area contributed by atoms with E-state index in [0.717, 1.165) is 62.0 Å². The summed E-state index contributed by atoms with van der Waals surface area (Å²) in [4.78, 5) is 30.2. The molecular weight excluding hydrogens is 582 g/mol. The van der Waals surface area contributed by atoms with Crippen molar-refractivity contribution in [3.63, 3.8) is 0 Å². The number of carbonyl (C=O) groups excluding carboxylic acids is 2. The minimum absolute atomic E-state index is 0.168. The molecule has 0 saturated carbocycles. The molecule has 0 unspecified atom stereocenters. The summed E-state index contributed by atoms with van der Waals surface area (Å²) in [6.45, 7) is 17.7. The van der Waals surface area contributed by atoms with Crippen molar-refractivity contribution < 1.29 is 18.9 Å². The highest BCUT2D eigenvalue weighted by Gasteiger charge is 2.44. The van der Waals surface area contributed by atoms with E-state index in [2.05, 4.69) is 124 Å². The fourth-order valence-electron chi connectivity index (χ4n) is 7.75. The molecule has 6 nitrogen and oxygen atoms in total. The lowest BCUT2D eigenvalue weighted by Crippen LogP contribution is -2.38. The van der Waals surface area contributed by atoms with Crippen LogP contribution in [-0.4, -0.2) is 53.8 Å². The predicted molar refractivity (Wildman–Crippen MR) is 192 cm³/mol. The molecule has 2 aliphatic heterocycles. The first-order valence-electron chi connectivity index (χ1n) is 17.4. The van der Waals surface area contributed by atoms with Gasteiger partial charge in [-0.2, -0.15) is 4.58 Å². The van der Waals surface area contributed by atoms with E-state index < -0.39 is 11.9 Å². The van der Waals surface area contributed by atoms with Crippen LogP contribution in [0.4, 0.5) is 11.4 Å². The van der Waals surface area contributed by atoms with E-state index >= 15 is 0 Å². The molecule has 2 heterocycles. The number of likely N-dealkylation sites (N-methyl/N-ethyl adjacent to an activating group) is 1. The minimum Gasteiger partial charge on any atom is -0.462 e. The standard InChI is InChI=1S/C41H52N3O3/c1-9-27-43-33-21-14-12-19-31(33)40(4,5)35(43)25-23-29-17-16-18-30(37(29)42(11-3)38(45)39(46)47-8)24-26-36-41(6,7)32-20-13-15-22-34(32)44(36)28-10-2/h12-15,19-26H,9-11,16-18,27-28H2,1-8H3/q+1. The molecule has 47 heavy (non-hydrogen) atoms. The van der Waals surface area contributed by atoms with Crippen LogP contribution in [-0.2, 0) is 25.2 Å². The smallest absolute Gasteiger partial charge is 0.397 e. The summed E-state index contributed by atoms with van der Waals surface area (Å²) in [5, 5.41) is 0. The molecule has 2 aromatic rings. The number of para-hydroxylation sites is 2. The Morgan fingerprint density at radius 3 is 2.28 bits per heavy atom. The highest BCUT2D eigenvalue weighted by Crippen LogP contribution is 2.48. The minimum atomic E-state index is -0.844. The summed E-state index contributed by atoms with van der Waals surface area (Å²) in [6.07, 6.45) is 13.6. The molecule has 0 N–H and O–H groups in total. The first-order valence-corrected chi connectivity index (χ1v) is 17.4. The number of esters is 1. The predicted octanol–water partition coefficient (Wildman–Crippen LogP) is 8.51. The van der Waals surface area contributed by atoms with Crippen LogP contribution in [0.25, 0.3) is 0 Å². The van der Waals surface area contributed by atoms with Crippen LogP contribution in [0.1, 0.15) is 91.7 Å². The molecule has 2 aromatic carbocycles. The highest BCUT2D eigenvalue weighted by molar-refractivity contribution is 6.32. The van der Waals surface area contributed by atoms with E-state index in [9.17, 15) is 9.59 Å². The maximum Gasteiger partial charge on any atom is 0.397 e. The second-order valence-corrected chi connectivity index (χ2v) is 13.8. The molecule has 0 radical (unpaired) electrons. The van der Waals surface area contributed by atoms with Crippen LogP contribution in [0.15, 0.2) is 95.4 Å². The number of benzene rings is 2. The summed E-state index contributed by atoms with van der Waals surface area (Å²) >= 11 is 0. The number of amides is 1. The SMILES string of the molecule is CCCN1/C(=C\C=C2/CCCC(/C=C/C3=[N+](CCC)c4ccccc4C3(C)C)=C2N(CC)C(=O)C(=O)OC)C(C)(C)c2ccccc21. The number of carbonyl (C=O) groups is 2. The Balaban J connectivity index is 1.66. The van der Waals surface area contributed by atoms with Gasteiger partial charge in [0.25, 0.3) is 0 Å². The largest absolute Gasteiger partial charge is 0.462 e. The Kier molecular flexibility index (Phi) is 10.1. The molecule has 0 fully saturated rings. The molecular formula is C41H52N3O3+. The zero-order chi connectivity index (χ0) is 33.9. The van der Waals surface area contributed by atoms with E-state index in [1.807, 2.05) is 6.92 Å². The monoisotopic (exact) mass is 634 g/mol. The van der Waals surface area contributed by atoms with Crippen LogP contribution in [0.3, 0.4) is 0 Å². The molecule has 5 rings (SSSR count). The number of nitrogens with zero attached hydrogens (tertiary/aromatic N) is 3. The number of hydrogen-bond acceptors (Lipinski definition) is 4. The Bertz CT molecular complexity index is 1700. The molecule has 6 heteroatoms. The van der Waals surface area contributed by atoms with E-state index in [4.69, 9.17) is 4.74 Å². The van der Waals surface area contributed by atoms with Crippen LogP contribution < -0.4 is 4.90 Å². The Morgan fingerprint density at radius 2 is 1.60 bits per heavy atom. The Morgan fingerprint density at radius 1 is 0.894 bits per heavy atom. The number of allylic oxidation sites excluding steroid dienone is 7. The van der Waals surface area contributed by atoms with Crippen LogP contribution >= 0.6 is 0 Å². The fourth-order valence-corrected chi connectivity index (χ4v) is 7.75. The van der Waals surface area contributed by atoms with Crippen LogP contribution in [0, 0.1) is 0 Å². The summed E-state index contributed by atoms with van der Waals surface area (Å²) in [5.41, 5.74) is 10.3. The van der Waals surface area contributed by atoms with Gasteiger partial charge >= 0.3 is 11.9 Å². The van der Waals surface area contributed by atoms with Gasteiger partial charge in [0.2, 0.25) is 5.69 Å². The van der Waals surface area contributed by atoms with Gasteiger partial charge in [-0.05, 0) is 75.3 Å². The van der Waals surface area contributed by atoms with E-state index in [0.29, 0.717) is 6.54 Å². The van der Waals surface area contributed by atoms with Gasteiger partial charge in [-0.1, -0.05) is 76.2 Å². The molecule has 0 atom stereocenters. The zero-order valence-electron chi connectivity index (χ0n) is 29.7. The lowest BCUT2D eigenvalue weighted by atomic mass is 9.81. The Labute approximate surface area is 281 Å². The third-order valence-corrected chi connectivity index (χ3v) is 10.1. The van der Waals surface area contributed by atoms with Crippen molar-refractivity contribution in [2.24, 2.45) is 0 Å². The summed E-state index contributed by atoms with van der Waals surface area (Å²) < 4.78 is 7.37. The number of ether oxygens (including phenoxy) is 1. The van der Waals surface area contributed by atoms with Gasteiger partial charge in [0.15, 0.2) is 5.71 Å². The van der Waals surface area contributed by atoms with E-state index in [-0.39, 0.29) is 10.8 Å². The summed E-state index contributed by atoms with van der Waals surface area (Å²) in [7, 11) is 1.27. The lowest BCUT2D eigenvalue weighted by Gasteiger charge is -2.31. The second-order valence-electron chi connectivity index (χ2n) is 13.8. The van der Waals surface area contributed by atoms with Gasteiger partial charge in [-0.25, -0.2) is 4.79 Å². The lowest BCUT2D eigenvalue weighted by molar-refractivity contribution is -0.437. The number of hydrogen-bond donors (Lipinski definition) is 0. The number of rotatable bonds is 9. The van der Waals surface area contributed by atoms with Gasteiger partial charge in [-0.3, -0.25) is 4.79 Å². The number of fused-ring (bicyclic) bond motifs is 2. The van der Waals surface area contributed by atoms with E-state index in [1.54, 1.807) is 4.90 Å². The summed E-state index contributed by atoms with van der Waals surface area (Å²) in [6, 6.07) is 17.4. The summed E-state index contributed by atoms with van der Waals surface area (Å²) in [5.74, 6) is -1.48.